The zero-order valence-electron chi connectivity index (χ0n) is 10.7. The van der Waals surface area contributed by atoms with E-state index >= 15 is 0 Å². The topological polar surface area (TPSA) is 36.1 Å². The first-order valence-corrected chi connectivity index (χ1v) is 7.21. The molecular formula is C13H20N2OS. The van der Waals surface area contributed by atoms with Crippen molar-refractivity contribution in [2.45, 2.75) is 26.3 Å². The molecule has 1 N–H and O–H groups in total. The van der Waals surface area contributed by atoms with Crippen molar-refractivity contribution < 1.29 is 4.79 Å². The molecular weight excluding hydrogens is 232 g/mol. The van der Waals surface area contributed by atoms with E-state index < -0.39 is 0 Å². The number of hydrogen-bond donors (Lipinski definition) is 1. The number of Topliss-reactive ketones (excluding diaryl/α,β-unsaturated/α-hetero) is 1. The monoisotopic (exact) mass is 252 g/mol. The molecule has 0 radical (unpaired) electrons. The number of likely N-dealkylation sites (N-methyl/N-ethyl adjacent to an activating group) is 1. The molecule has 1 fully saturated rings. The normalized spacial score (nSPS) is 20.1. The third-order valence-electron chi connectivity index (χ3n) is 3.37. The third-order valence-corrected chi connectivity index (χ3v) is 4.52. The molecule has 4 heteroatoms. The maximum absolute atomic E-state index is 12.2. The van der Waals surface area contributed by atoms with Crippen molar-refractivity contribution in [3.05, 3.63) is 23.0 Å². The number of aryl methyl sites for hydroxylation is 2. The molecule has 0 aliphatic carbocycles. The summed E-state index contributed by atoms with van der Waals surface area (Å²) in [5.41, 5.74) is 2.90. The van der Waals surface area contributed by atoms with E-state index in [-0.39, 0.29) is 5.78 Å². The lowest BCUT2D eigenvalue weighted by atomic mass is 10.1. The van der Waals surface area contributed by atoms with E-state index in [1.165, 1.54) is 12.2 Å². The summed E-state index contributed by atoms with van der Waals surface area (Å²) < 4.78 is 0. The van der Waals surface area contributed by atoms with Crippen molar-refractivity contribution >= 4 is 17.5 Å². The van der Waals surface area contributed by atoms with Crippen molar-refractivity contribution in [1.82, 2.24) is 9.88 Å². The minimum absolute atomic E-state index is 0.228. The largest absolute Gasteiger partial charge is 0.362 e. The smallest absolute Gasteiger partial charge is 0.178 e. The van der Waals surface area contributed by atoms with Crippen LogP contribution in [0.15, 0.2) is 6.07 Å². The number of aromatic amines is 1. The molecule has 3 nitrogen and oxygen atoms in total. The first-order valence-electron chi connectivity index (χ1n) is 6.05. The minimum atomic E-state index is 0.228. The number of carbonyl (C=O) groups is 1. The lowest BCUT2D eigenvalue weighted by molar-refractivity contribution is 0.0926. The molecule has 1 aliphatic heterocycles. The quantitative estimate of drug-likeness (QED) is 0.835. The number of nitrogens with zero attached hydrogens (tertiary/aromatic N) is 1. The Hall–Kier alpha value is -0.740. The Labute approximate surface area is 107 Å². The molecule has 1 aromatic rings. The van der Waals surface area contributed by atoms with E-state index in [9.17, 15) is 4.79 Å². The number of nitrogens with one attached hydrogen (secondary N) is 1. The zero-order chi connectivity index (χ0) is 12.4. The second kappa shape index (κ2) is 5.27. The zero-order valence-corrected chi connectivity index (χ0v) is 11.6. The molecule has 1 unspecified atom stereocenters. The van der Waals surface area contributed by atoms with Gasteiger partial charge in [0, 0.05) is 28.7 Å². The molecule has 0 saturated carbocycles. The summed E-state index contributed by atoms with van der Waals surface area (Å²) in [4.78, 5) is 17.6. The van der Waals surface area contributed by atoms with Crippen LogP contribution in [0.1, 0.15) is 28.2 Å². The highest BCUT2D eigenvalue weighted by molar-refractivity contribution is 7.99. The van der Waals surface area contributed by atoms with Crippen molar-refractivity contribution in [3.8, 4) is 0 Å². The van der Waals surface area contributed by atoms with Crippen LogP contribution in [-0.2, 0) is 0 Å². The molecule has 17 heavy (non-hydrogen) atoms. The van der Waals surface area contributed by atoms with Crippen molar-refractivity contribution in [3.63, 3.8) is 0 Å². The average Bonchev–Trinajstić information content (AvgIpc) is 2.87. The Bertz CT molecular complexity index is 408. The van der Waals surface area contributed by atoms with Crippen LogP contribution < -0.4 is 0 Å². The number of ketones is 1. The van der Waals surface area contributed by atoms with Gasteiger partial charge in [0.25, 0.3) is 0 Å². The summed E-state index contributed by atoms with van der Waals surface area (Å²) >= 11 is 1.98. The highest BCUT2D eigenvalue weighted by Crippen LogP contribution is 2.21. The predicted octanol–water partition coefficient (Wildman–Crippen LogP) is 2.25. The van der Waals surface area contributed by atoms with Crippen LogP contribution in [-0.4, -0.2) is 46.8 Å². The lowest BCUT2D eigenvalue weighted by Crippen LogP contribution is -2.35. The maximum Gasteiger partial charge on any atom is 0.178 e. The van der Waals surface area contributed by atoms with Gasteiger partial charge in [-0.2, -0.15) is 11.8 Å². The summed E-state index contributed by atoms with van der Waals surface area (Å²) in [6, 6.07) is 2.53. The third kappa shape index (κ3) is 2.93. The van der Waals surface area contributed by atoms with Crippen LogP contribution in [0.4, 0.5) is 0 Å². The number of aromatic nitrogens is 1. The van der Waals surface area contributed by atoms with Gasteiger partial charge in [0.2, 0.25) is 0 Å². The van der Waals surface area contributed by atoms with Crippen molar-refractivity contribution in [1.29, 1.82) is 0 Å². The van der Waals surface area contributed by atoms with Gasteiger partial charge in [-0.05, 0) is 39.1 Å². The Balaban J connectivity index is 1.98. The number of H-pyrrole nitrogens is 1. The lowest BCUT2D eigenvalue weighted by Gasteiger charge is -2.22. The van der Waals surface area contributed by atoms with Crippen LogP contribution in [0.2, 0.25) is 0 Å². The average molecular weight is 252 g/mol. The summed E-state index contributed by atoms with van der Waals surface area (Å²) in [5, 5.41) is 0. The van der Waals surface area contributed by atoms with Gasteiger partial charge < -0.3 is 4.98 Å². The Morgan fingerprint density at radius 1 is 1.59 bits per heavy atom. The van der Waals surface area contributed by atoms with E-state index in [2.05, 4.69) is 16.9 Å². The minimum Gasteiger partial charge on any atom is -0.362 e. The molecule has 94 valence electrons. The van der Waals surface area contributed by atoms with Gasteiger partial charge >= 0.3 is 0 Å². The van der Waals surface area contributed by atoms with Crippen LogP contribution in [0.5, 0.6) is 0 Å². The summed E-state index contributed by atoms with van der Waals surface area (Å²) in [6.07, 6.45) is 1.21. The molecule has 1 saturated heterocycles. The molecule has 0 aromatic carbocycles. The standard InChI is InChI=1S/C13H20N2OS/c1-9-6-12(10(2)14-9)13(16)7-15(3)11-4-5-17-8-11/h6,11,14H,4-5,7-8H2,1-3H3. The molecule has 2 rings (SSSR count). The van der Waals surface area contributed by atoms with E-state index in [0.717, 1.165) is 22.7 Å². The molecule has 0 amide bonds. The Morgan fingerprint density at radius 2 is 2.35 bits per heavy atom. The number of rotatable bonds is 4. The van der Waals surface area contributed by atoms with Crippen molar-refractivity contribution in [2.75, 3.05) is 25.1 Å². The van der Waals surface area contributed by atoms with Crippen LogP contribution >= 0.6 is 11.8 Å². The summed E-state index contributed by atoms with van der Waals surface area (Å²) in [6.45, 7) is 4.48. The number of hydrogen-bond acceptors (Lipinski definition) is 3. The van der Waals surface area contributed by atoms with Gasteiger partial charge in [0.05, 0.1) is 6.54 Å². The molecule has 1 aliphatic rings. The highest BCUT2D eigenvalue weighted by atomic mass is 32.2. The number of carbonyl (C=O) groups excluding carboxylic acids is 1. The van der Waals surface area contributed by atoms with E-state index in [1.807, 2.05) is 31.7 Å². The fourth-order valence-electron chi connectivity index (χ4n) is 2.32. The predicted molar refractivity (Wildman–Crippen MR) is 73.0 cm³/mol. The van der Waals surface area contributed by atoms with Crippen LogP contribution in [0.3, 0.4) is 0 Å². The molecule has 0 bridgehead atoms. The highest BCUT2D eigenvalue weighted by Gasteiger charge is 2.22. The molecule has 1 aromatic heterocycles. The summed E-state index contributed by atoms with van der Waals surface area (Å²) in [7, 11) is 2.06. The molecule has 1 atom stereocenters. The fourth-order valence-corrected chi connectivity index (χ4v) is 3.62. The summed E-state index contributed by atoms with van der Waals surface area (Å²) in [5.74, 6) is 2.62. The van der Waals surface area contributed by atoms with E-state index in [0.29, 0.717) is 12.6 Å². The molecule has 0 spiro atoms. The van der Waals surface area contributed by atoms with Crippen LogP contribution in [0.25, 0.3) is 0 Å². The Morgan fingerprint density at radius 3 is 2.88 bits per heavy atom. The van der Waals surface area contributed by atoms with Gasteiger partial charge in [0.1, 0.15) is 0 Å². The van der Waals surface area contributed by atoms with Gasteiger partial charge in [-0.1, -0.05) is 0 Å². The maximum atomic E-state index is 12.2. The Kier molecular flexibility index (Phi) is 3.94. The van der Waals surface area contributed by atoms with E-state index in [1.54, 1.807) is 0 Å². The van der Waals surface area contributed by atoms with Crippen LogP contribution in [0, 0.1) is 13.8 Å². The van der Waals surface area contributed by atoms with Crippen molar-refractivity contribution in [2.24, 2.45) is 0 Å². The molecule has 2 heterocycles. The second-order valence-electron chi connectivity index (χ2n) is 4.85. The van der Waals surface area contributed by atoms with Gasteiger partial charge in [0.15, 0.2) is 5.78 Å². The first kappa shape index (κ1) is 12.7. The first-order chi connectivity index (χ1) is 8.08. The second-order valence-corrected chi connectivity index (χ2v) is 6.00. The van der Waals surface area contributed by atoms with Gasteiger partial charge in [-0.25, -0.2) is 0 Å². The fraction of sp³-hybridized carbons (Fsp3) is 0.615. The number of thioether (sulfide) groups is 1. The van der Waals surface area contributed by atoms with Gasteiger partial charge in [-0.3, -0.25) is 9.69 Å². The van der Waals surface area contributed by atoms with E-state index in [4.69, 9.17) is 0 Å². The SMILES string of the molecule is Cc1cc(C(=O)CN(C)C2CCSC2)c(C)[nH]1. The van der Waals surface area contributed by atoms with Gasteiger partial charge in [-0.15, -0.1) is 0 Å².